The predicted octanol–water partition coefficient (Wildman–Crippen LogP) is 5.49. The maximum atomic E-state index is 15.6. The standard InChI is InChI=1S/C34H36F2N6O3/c1-7-26(43)40-16-21(6)41(17-20(40)5)32-23-15-19(4)29-27-24(35)10-11-25(36)31(27)45-14-8-9-22-12-13-37-28(18(2)3)30(22)42(33(23)38-29)34(44)39-32/h7,10-13,15,18,20-21H,1,8-9,14,16-17H2,2-6H3/t20-,21+/m1/s1. The number of aromatic nitrogens is 4. The molecule has 0 radical (unpaired) electrons. The molecule has 0 saturated carbocycles. The molecule has 1 aromatic carbocycles. The predicted molar refractivity (Wildman–Crippen MR) is 169 cm³/mol. The molecule has 4 aromatic rings. The van der Waals surface area contributed by atoms with Gasteiger partial charge in [-0.3, -0.25) is 9.78 Å². The SMILES string of the molecule is C=CC(=O)N1C[C@H](C)N(c2nc(=O)n3c4nc(c(C)cc24)-c2c(F)ccc(F)c2OCCCc2ccnc(C(C)C)c2-3)C[C@H]1C. The van der Waals surface area contributed by atoms with Crippen LogP contribution in [-0.2, 0) is 11.2 Å². The lowest BCUT2D eigenvalue weighted by Crippen LogP contribution is -2.58. The second-order valence-electron chi connectivity index (χ2n) is 12.2. The van der Waals surface area contributed by atoms with E-state index in [-0.39, 0.29) is 53.2 Å². The number of carbonyl (C=O) groups is 1. The molecule has 11 heteroatoms. The Bertz CT molecular complexity index is 1910. The summed E-state index contributed by atoms with van der Waals surface area (Å²) < 4.78 is 38.1. The Morgan fingerprint density at radius 3 is 2.60 bits per heavy atom. The van der Waals surface area contributed by atoms with Gasteiger partial charge in [0.25, 0.3) is 0 Å². The minimum atomic E-state index is -0.695. The van der Waals surface area contributed by atoms with Crippen LogP contribution in [0, 0.1) is 18.6 Å². The number of nitrogens with zero attached hydrogens (tertiary/aromatic N) is 6. The summed E-state index contributed by atoms with van der Waals surface area (Å²) in [5.41, 5.74) is 2.45. The molecule has 1 amide bonds. The minimum absolute atomic E-state index is 0.0423. The minimum Gasteiger partial charge on any atom is -0.490 e. The van der Waals surface area contributed by atoms with Crippen LogP contribution in [0.25, 0.3) is 28.0 Å². The molecule has 234 valence electrons. The van der Waals surface area contributed by atoms with Gasteiger partial charge in [-0.1, -0.05) is 20.4 Å². The Hall–Kier alpha value is -4.67. The molecular weight excluding hydrogens is 578 g/mol. The van der Waals surface area contributed by atoms with Crippen LogP contribution in [0.2, 0.25) is 0 Å². The molecule has 2 aliphatic heterocycles. The first-order valence-corrected chi connectivity index (χ1v) is 15.2. The largest absolute Gasteiger partial charge is 0.490 e. The van der Waals surface area contributed by atoms with Crippen molar-refractivity contribution >= 4 is 22.8 Å². The number of rotatable bonds is 3. The zero-order chi connectivity index (χ0) is 32.2. The summed E-state index contributed by atoms with van der Waals surface area (Å²) >= 11 is 0. The van der Waals surface area contributed by atoms with Crippen LogP contribution in [0.5, 0.6) is 5.75 Å². The summed E-state index contributed by atoms with van der Waals surface area (Å²) in [7, 11) is 0. The molecule has 2 aliphatic rings. The molecule has 2 bridgehead atoms. The molecule has 2 atom stereocenters. The molecule has 6 rings (SSSR count). The number of carbonyl (C=O) groups excluding carboxylic acids is 1. The van der Waals surface area contributed by atoms with Crippen LogP contribution < -0.4 is 15.3 Å². The van der Waals surface area contributed by atoms with Crippen molar-refractivity contribution in [3.05, 3.63) is 82.1 Å². The van der Waals surface area contributed by atoms with Crippen molar-refractivity contribution < 1.29 is 18.3 Å². The number of benzene rings is 1. The highest BCUT2D eigenvalue weighted by Gasteiger charge is 2.34. The zero-order valence-electron chi connectivity index (χ0n) is 26.1. The molecule has 45 heavy (non-hydrogen) atoms. The van der Waals surface area contributed by atoms with Crippen molar-refractivity contribution in [2.24, 2.45) is 0 Å². The first-order valence-electron chi connectivity index (χ1n) is 15.2. The van der Waals surface area contributed by atoms with Crippen molar-refractivity contribution in [1.82, 2.24) is 24.4 Å². The molecule has 5 heterocycles. The third-order valence-corrected chi connectivity index (χ3v) is 8.69. The molecule has 0 spiro atoms. The summed E-state index contributed by atoms with van der Waals surface area (Å²) in [5.74, 6) is -1.38. The summed E-state index contributed by atoms with van der Waals surface area (Å²) in [6, 6.07) is 5.41. The number of halogens is 2. The average molecular weight is 615 g/mol. The molecule has 0 unspecified atom stereocenters. The van der Waals surface area contributed by atoms with Crippen molar-refractivity contribution in [2.75, 3.05) is 24.6 Å². The first kappa shape index (κ1) is 30.4. The number of ether oxygens (including phenoxy) is 1. The number of hydrogen-bond acceptors (Lipinski definition) is 7. The number of fused-ring (bicyclic) bond motifs is 5. The van der Waals surface area contributed by atoms with Crippen molar-refractivity contribution in [1.29, 1.82) is 0 Å². The van der Waals surface area contributed by atoms with Gasteiger partial charge in [0.2, 0.25) is 5.91 Å². The summed E-state index contributed by atoms with van der Waals surface area (Å²) in [5, 5.41) is 0.569. The fraction of sp³-hybridized carbons (Fsp3) is 0.382. The average Bonchev–Trinajstić information content (AvgIpc) is 3.00. The maximum Gasteiger partial charge on any atom is 0.355 e. The molecule has 9 nitrogen and oxygen atoms in total. The van der Waals surface area contributed by atoms with E-state index in [4.69, 9.17) is 9.72 Å². The van der Waals surface area contributed by atoms with Crippen LogP contribution in [0.3, 0.4) is 0 Å². The molecule has 3 aromatic heterocycles. The van der Waals surface area contributed by atoms with Crippen molar-refractivity contribution in [3.63, 3.8) is 0 Å². The topological polar surface area (TPSA) is 93.5 Å². The van der Waals surface area contributed by atoms with Gasteiger partial charge >= 0.3 is 5.69 Å². The Labute approximate surface area is 260 Å². The van der Waals surface area contributed by atoms with Gasteiger partial charge in [0.1, 0.15) is 11.6 Å². The lowest BCUT2D eigenvalue weighted by atomic mass is 9.99. The smallest absolute Gasteiger partial charge is 0.355 e. The van der Waals surface area contributed by atoms with E-state index in [1.54, 1.807) is 18.0 Å². The van der Waals surface area contributed by atoms with Crippen molar-refractivity contribution in [3.8, 4) is 22.7 Å². The van der Waals surface area contributed by atoms with Gasteiger partial charge in [-0.25, -0.2) is 23.1 Å². The molecule has 0 N–H and O–H groups in total. The van der Waals surface area contributed by atoms with Gasteiger partial charge in [-0.05, 0) is 81.0 Å². The highest BCUT2D eigenvalue weighted by atomic mass is 19.1. The number of pyridine rings is 2. The number of piperazine rings is 1. The Kier molecular flexibility index (Phi) is 7.88. The quantitative estimate of drug-likeness (QED) is 0.282. The van der Waals surface area contributed by atoms with Gasteiger partial charge < -0.3 is 14.5 Å². The van der Waals surface area contributed by atoms with Gasteiger partial charge in [0.15, 0.2) is 17.2 Å². The number of amides is 1. The lowest BCUT2D eigenvalue weighted by molar-refractivity contribution is -0.128. The number of hydrogen-bond donors (Lipinski definition) is 0. The number of anilines is 1. The van der Waals surface area contributed by atoms with E-state index in [1.807, 2.05) is 44.7 Å². The van der Waals surface area contributed by atoms with E-state index in [2.05, 4.69) is 16.5 Å². The highest BCUT2D eigenvalue weighted by molar-refractivity contribution is 5.92. The van der Waals surface area contributed by atoms with E-state index in [0.717, 1.165) is 17.7 Å². The van der Waals surface area contributed by atoms with Crippen LogP contribution in [0.15, 0.2) is 47.9 Å². The summed E-state index contributed by atoms with van der Waals surface area (Å²) in [6.07, 6.45) is 4.00. The summed E-state index contributed by atoms with van der Waals surface area (Å²) in [4.78, 5) is 44.9. The number of aryl methyl sites for hydroxylation is 2. The Morgan fingerprint density at radius 1 is 1.11 bits per heavy atom. The second-order valence-corrected chi connectivity index (χ2v) is 12.2. The van der Waals surface area contributed by atoms with Gasteiger partial charge in [-0.2, -0.15) is 4.98 Å². The van der Waals surface area contributed by atoms with E-state index >= 15 is 8.78 Å². The van der Waals surface area contributed by atoms with Crippen LogP contribution >= 0.6 is 0 Å². The van der Waals surface area contributed by atoms with E-state index in [0.29, 0.717) is 54.1 Å². The van der Waals surface area contributed by atoms with Crippen LogP contribution in [0.4, 0.5) is 14.6 Å². The second kappa shape index (κ2) is 11.7. The van der Waals surface area contributed by atoms with Gasteiger partial charge in [-0.15, -0.1) is 0 Å². The molecule has 1 saturated heterocycles. The zero-order valence-corrected chi connectivity index (χ0v) is 26.1. The van der Waals surface area contributed by atoms with E-state index < -0.39 is 17.3 Å². The van der Waals surface area contributed by atoms with E-state index in [9.17, 15) is 9.59 Å². The first-order chi connectivity index (χ1) is 21.5. The fourth-order valence-electron chi connectivity index (χ4n) is 6.48. The van der Waals surface area contributed by atoms with E-state index in [1.165, 1.54) is 10.6 Å². The highest BCUT2D eigenvalue weighted by Crippen LogP contribution is 2.39. The van der Waals surface area contributed by atoms with Crippen LogP contribution in [0.1, 0.15) is 56.9 Å². The maximum absolute atomic E-state index is 15.6. The Balaban J connectivity index is 1.70. The van der Waals surface area contributed by atoms with Crippen molar-refractivity contribution in [2.45, 2.75) is 65.5 Å². The van der Waals surface area contributed by atoms with Crippen LogP contribution in [-0.4, -0.2) is 62.1 Å². The molecule has 1 fully saturated rings. The third kappa shape index (κ3) is 5.13. The Morgan fingerprint density at radius 2 is 1.87 bits per heavy atom. The molecular formula is C34H36F2N6O3. The summed E-state index contributed by atoms with van der Waals surface area (Å²) in [6.45, 7) is 14.3. The molecule has 0 aliphatic carbocycles. The van der Waals surface area contributed by atoms with Gasteiger partial charge in [0.05, 0.1) is 34.6 Å². The monoisotopic (exact) mass is 614 g/mol. The van der Waals surface area contributed by atoms with Gasteiger partial charge in [0, 0.05) is 31.4 Å². The normalized spacial score (nSPS) is 18.2. The lowest BCUT2D eigenvalue weighted by Gasteiger charge is -2.44. The fourth-order valence-corrected chi connectivity index (χ4v) is 6.48. The third-order valence-electron chi connectivity index (χ3n) is 8.69.